The molecule has 8 nitrogen and oxygen atoms in total. The van der Waals surface area contributed by atoms with Crippen molar-refractivity contribution >= 4 is 23.5 Å². The lowest BCUT2D eigenvalue weighted by Gasteiger charge is -2.32. The van der Waals surface area contributed by atoms with E-state index >= 15 is 0 Å². The number of nitrogens with zero attached hydrogens (tertiary/aromatic N) is 5. The van der Waals surface area contributed by atoms with Crippen molar-refractivity contribution in [1.82, 2.24) is 20.1 Å². The predicted octanol–water partition coefficient (Wildman–Crippen LogP) is 1.90. The van der Waals surface area contributed by atoms with Crippen molar-refractivity contribution in [2.24, 2.45) is 13.0 Å². The van der Waals surface area contributed by atoms with Crippen LogP contribution in [0.5, 0.6) is 0 Å². The van der Waals surface area contributed by atoms with Gasteiger partial charge in [-0.25, -0.2) is 4.98 Å². The molecule has 2 amide bonds. The number of aromatic nitrogens is 3. The van der Waals surface area contributed by atoms with Gasteiger partial charge in [0.05, 0.1) is 5.69 Å². The molecule has 29 heavy (non-hydrogen) atoms. The molecule has 154 valence electrons. The molecule has 4 heterocycles. The second-order valence-corrected chi connectivity index (χ2v) is 8.17. The Kier molecular flexibility index (Phi) is 5.25. The molecule has 2 unspecified atom stereocenters. The highest BCUT2D eigenvalue weighted by Crippen LogP contribution is 2.24. The lowest BCUT2D eigenvalue weighted by Crippen LogP contribution is -2.52. The van der Waals surface area contributed by atoms with Crippen molar-refractivity contribution < 1.29 is 9.59 Å². The van der Waals surface area contributed by atoms with Gasteiger partial charge in [0, 0.05) is 44.5 Å². The number of carbonyl (C=O) groups excluding carboxylic acids is 2. The van der Waals surface area contributed by atoms with Gasteiger partial charge in [0.15, 0.2) is 0 Å². The van der Waals surface area contributed by atoms with Crippen LogP contribution in [0.1, 0.15) is 42.2 Å². The molecule has 2 aliphatic heterocycles. The largest absolute Gasteiger partial charge is 0.356 e. The van der Waals surface area contributed by atoms with E-state index in [0.29, 0.717) is 24.4 Å². The van der Waals surface area contributed by atoms with E-state index in [2.05, 4.69) is 27.2 Å². The maximum atomic E-state index is 13.0. The second kappa shape index (κ2) is 7.85. The van der Waals surface area contributed by atoms with Crippen LogP contribution in [0.2, 0.25) is 0 Å². The first-order valence-corrected chi connectivity index (χ1v) is 10.3. The monoisotopic (exact) mass is 396 g/mol. The Morgan fingerprint density at radius 3 is 2.76 bits per heavy atom. The van der Waals surface area contributed by atoms with E-state index in [-0.39, 0.29) is 11.8 Å². The number of nitrogens with one attached hydrogen (secondary N) is 1. The van der Waals surface area contributed by atoms with Crippen LogP contribution >= 0.6 is 0 Å². The third-order valence-electron chi connectivity index (χ3n) is 5.75. The number of pyridine rings is 1. The summed E-state index contributed by atoms with van der Waals surface area (Å²) < 4.78 is 1.71. The van der Waals surface area contributed by atoms with Gasteiger partial charge < -0.3 is 10.2 Å². The minimum Gasteiger partial charge on any atom is -0.356 e. The van der Waals surface area contributed by atoms with Gasteiger partial charge in [-0.05, 0) is 44.2 Å². The first kappa shape index (κ1) is 19.4. The van der Waals surface area contributed by atoms with Gasteiger partial charge in [0.25, 0.3) is 11.8 Å². The molecule has 0 aromatic carbocycles. The maximum absolute atomic E-state index is 13.0. The zero-order chi connectivity index (χ0) is 20.5. The van der Waals surface area contributed by atoms with Crippen LogP contribution in [-0.2, 0) is 11.8 Å². The van der Waals surface area contributed by atoms with E-state index < -0.39 is 6.04 Å². The fourth-order valence-electron chi connectivity index (χ4n) is 4.20. The van der Waals surface area contributed by atoms with Gasteiger partial charge in [0.1, 0.15) is 17.7 Å². The number of carbonyl (C=O) groups is 2. The van der Waals surface area contributed by atoms with Crippen LogP contribution in [-0.4, -0.2) is 52.3 Å². The molecule has 2 aliphatic rings. The van der Waals surface area contributed by atoms with E-state index in [1.165, 1.54) is 0 Å². The summed E-state index contributed by atoms with van der Waals surface area (Å²) in [4.78, 5) is 34.2. The van der Waals surface area contributed by atoms with E-state index in [0.717, 1.165) is 43.3 Å². The predicted molar refractivity (Wildman–Crippen MR) is 111 cm³/mol. The Balaban J connectivity index is 1.46. The highest BCUT2D eigenvalue weighted by atomic mass is 16.2. The summed E-state index contributed by atoms with van der Waals surface area (Å²) in [6, 6.07) is 4.89. The minimum atomic E-state index is -0.533. The smallest absolute Gasteiger partial charge is 0.252 e. The average Bonchev–Trinajstić information content (AvgIpc) is 3.28. The zero-order valence-electron chi connectivity index (χ0n) is 17.3. The van der Waals surface area contributed by atoms with Crippen LogP contribution < -0.4 is 15.1 Å². The summed E-state index contributed by atoms with van der Waals surface area (Å²) in [6.07, 6.45) is 4.27. The Morgan fingerprint density at radius 2 is 2.07 bits per heavy atom. The fraction of sp³-hybridized carbons (Fsp3) is 0.524. The highest BCUT2D eigenvalue weighted by Gasteiger charge is 2.32. The molecule has 0 saturated carbocycles. The molecule has 2 aromatic rings. The molecule has 0 spiro atoms. The topological polar surface area (TPSA) is 83.4 Å². The van der Waals surface area contributed by atoms with Gasteiger partial charge in [-0.1, -0.05) is 6.92 Å². The van der Waals surface area contributed by atoms with Crippen LogP contribution in [0.15, 0.2) is 24.4 Å². The molecule has 0 aliphatic carbocycles. The standard InChI is InChI=1S/C21H28N6O2/c1-14-7-10-26(13-14)18-12-16(6-8-22-18)20(28)23-17-5-4-9-27(21(17)29)19-11-15(2)24-25(19)3/h6,8,11-12,14,17H,4-5,7,9-10,13H2,1-3H3,(H,23,28). The molecule has 0 radical (unpaired) electrons. The number of rotatable bonds is 4. The number of hydrogen-bond acceptors (Lipinski definition) is 5. The summed E-state index contributed by atoms with van der Waals surface area (Å²) >= 11 is 0. The lowest BCUT2D eigenvalue weighted by atomic mass is 10.0. The van der Waals surface area contributed by atoms with E-state index in [9.17, 15) is 9.59 Å². The van der Waals surface area contributed by atoms with Gasteiger partial charge >= 0.3 is 0 Å². The van der Waals surface area contributed by atoms with E-state index in [1.54, 1.807) is 21.8 Å². The number of anilines is 2. The molecule has 2 aromatic heterocycles. The van der Waals surface area contributed by atoms with Crippen LogP contribution in [0.4, 0.5) is 11.6 Å². The van der Waals surface area contributed by atoms with Crippen molar-refractivity contribution in [2.45, 2.75) is 39.2 Å². The molecule has 2 atom stereocenters. The Bertz CT molecular complexity index is 924. The first-order valence-electron chi connectivity index (χ1n) is 10.3. The Labute approximate surface area is 170 Å². The van der Waals surface area contributed by atoms with Crippen molar-refractivity contribution in [3.05, 3.63) is 35.7 Å². The SMILES string of the molecule is Cc1cc(N2CCCC(NC(=O)c3ccnc(N4CCC(C)C4)c3)C2=O)n(C)n1. The molecule has 8 heteroatoms. The molecule has 1 N–H and O–H groups in total. The molecule has 2 fully saturated rings. The summed E-state index contributed by atoms with van der Waals surface area (Å²) in [6.45, 7) is 6.68. The molecular formula is C21H28N6O2. The Morgan fingerprint density at radius 1 is 1.24 bits per heavy atom. The normalized spacial score (nSPS) is 22.2. The molecule has 4 rings (SSSR count). The van der Waals surface area contributed by atoms with Crippen molar-refractivity contribution in [1.29, 1.82) is 0 Å². The third-order valence-corrected chi connectivity index (χ3v) is 5.75. The van der Waals surface area contributed by atoms with Gasteiger partial charge in [-0.15, -0.1) is 0 Å². The van der Waals surface area contributed by atoms with Crippen LogP contribution in [0, 0.1) is 12.8 Å². The summed E-state index contributed by atoms with van der Waals surface area (Å²) in [5.41, 5.74) is 1.40. The quantitative estimate of drug-likeness (QED) is 0.853. The number of hydrogen-bond donors (Lipinski definition) is 1. The minimum absolute atomic E-state index is 0.0877. The highest BCUT2D eigenvalue weighted by molar-refractivity contribution is 6.02. The van der Waals surface area contributed by atoms with Crippen molar-refractivity contribution in [3.8, 4) is 0 Å². The molecule has 0 bridgehead atoms. The van der Waals surface area contributed by atoms with Crippen LogP contribution in [0.25, 0.3) is 0 Å². The van der Waals surface area contributed by atoms with E-state index in [1.807, 2.05) is 26.1 Å². The van der Waals surface area contributed by atoms with Crippen molar-refractivity contribution in [2.75, 3.05) is 29.4 Å². The summed E-state index contributed by atoms with van der Waals surface area (Å²) in [5.74, 6) is 1.90. The number of piperidine rings is 1. The second-order valence-electron chi connectivity index (χ2n) is 8.17. The first-order chi connectivity index (χ1) is 13.9. The van der Waals surface area contributed by atoms with Crippen LogP contribution in [0.3, 0.4) is 0 Å². The number of amides is 2. The van der Waals surface area contributed by atoms with Gasteiger partial charge in [0.2, 0.25) is 0 Å². The third kappa shape index (κ3) is 3.97. The maximum Gasteiger partial charge on any atom is 0.252 e. The summed E-state index contributed by atoms with van der Waals surface area (Å²) in [5, 5.41) is 7.26. The molecule has 2 saturated heterocycles. The Hall–Kier alpha value is -2.90. The number of aryl methyl sites for hydroxylation is 2. The zero-order valence-corrected chi connectivity index (χ0v) is 17.3. The average molecular weight is 396 g/mol. The van der Waals surface area contributed by atoms with Gasteiger partial charge in [-0.2, -0.15) is 5.10 Å². The van der Waals surface area contributed by atoms with Crippen molar-refractivity contribution in [3.63, 3.8) is 0 Å². The van der Waals surface area contributed by atoms with E-state index in [4.69, 9.17) is 0 Å². The van der Waals surface area contributed by atoms with Gasteiger partial charge in [-0.3, -0.25) is 19.2 Å². The fourth-order valence-corrected chi connectivity index (χ4v) is 4.20. The lowest BCUT2D eigenvalue weighted by molar-refractivity contribution is -0.121. The summed E-state index contributed by atoms with van der Waals surface area (Å²) in [7, 11) is 1.83. The molecular weight excluding hydrogens is 368 g/mol.